The number of carbonyl (C=O) groups excluding carboxylic acids is 1. The highest BCUT2D eigenvalue weighted by atomic mass is 16.5. The van der Waals surface area contributed by atoms with Crippen LogP contribution in [0.25, 0.3) is 6.08 Å². The van der Waals surface area contributed by atoms with E-state index in [1.165, 1.54) is 6.08 Å². The molecular formula is C21H17NO2. The van der Waals surface area contributed by atoms with Gasteiger partial charge in [0.2, 0.25) is 0 Å². The lowest BCUT2D eigenvalue weighted by atomic mass is 10.1. The molecule has 0 saturated carbocycles. The van der Waals surface area contributed by atoms with E-state index in [9.17, 15) is 4.79 Å². The molecule has 1 aromatic heterocycles. The van der Waals surface area contributed by atoms with Gasteiger partial charge >= 0.3 is 0 Å². The summed E-state index contributed by atoms with van der Waals surface area (Å²) >= 11 is 0. The molecule has 0 aliphatic carbocycles. The van der Waals surface area contributed by atoms with Crippen molar-refractivity contribution in [1.29, 1.82) is 0 Å². The molecule has 2 aromatic carbocycles. The van der Waals surface area contributed by atoms with Crippen LogP contribution >= 0.6 is 0 Å². The zero-order valence-electron chi connectivity index (χ0n) is 13.1. The molecule has 1 heterocycles. The molecule has 3 aromatic rings. The van der Waals surface area contributed by atoms with Crippen LogP contribution in [0.3, 0.4) is 0 Å². The van der Waals surface area contributed by atoms with Gasteiger partial charge in [-0.2, -0.15) is 0 Å². The molecule has 0 aliphatic heterocycles. The molecule has 3 nitrogen and oxygen atoms in total. The highest BCUT2D eigenvalue weighted by molar-refractivity contribution is 6.06. The fourth-order valence-corrected chi connectivity index (χ4v) is 2.19. The number of benzene rings is 2. The van der Waals surface area contributed by atoms with Crippen LogP contribution in [0.15, 0.2) is 85.1 Å². The third-order valence-corrected chi connectivity index (χ3v) is 3.48. The second kappa shape index (κ2) is 7.88. The molecule has 0 amide bonds. The first-order chi connectivity index (χ1) is 11.8. The summed E-state index contributed by atoms with van der Waals surface area (Å²) in [6, 6.07) is 22.7. The van der Waals surface area contributed by atoms with Gasteiger partial charge in [0, 0.05) is 11.8 Å². The summed E-state index contributed by atoms with van der Waals surface area (Å²) in [5.74, 6) is 0.680. The molecule has 3 rings (SSSR count). The van der Waals surface area contributed by atoms with Crippen LogP contribution in [0.1, 0.15) is 21.6 Å². The summed E-state index contributed by atoms with van der Waals surface area (Å²) in [6.07, 6.45) is 4.94. The lowest BCUT2D eigenvalue weighted by Gasteiger charge is -2.06. The Morgan fingerprint density at radius 3 is 2.38 bits per heavy atom. The van der Waals surface area contributed by atoms with Crippen LogP contribution in [0, 0.1) is 0 Å². The number of allylic oxidation sites excluding steroid dienone is 1. The normalized spacial score (nSPS) is 10.7. The van der Waals surface area contributed by atoms with Crippen molar-refractivity contribution in [1.82, 2.24) is 4.98 Å². The van der Waals surface area contributed by atoms with Gasteiger partial charge in [0.05, 0.1) is 5.69 Å². The van der Waals surface area contributed by atoms with Crippen LogP contribution in [0.2, 0.25) is 0 Å². The minimum absolute atomic E-state index is 0.0599. The van der Waals surface area contributed by atoms with Crippen LogP contribution in [0.5, 0.6) is 5.75 Å². The molecule has 0 atom stereocenters. The summed E-state index contributed by atoms with van der Waals surface area (Å²) in [6.45, 7) is 0.508. The SMILES string of the molecule is O=C(C=Cc1ccccn1)c1ccc(OCc2ccccc2)cc1. The zero-order chi connectivity index (χ0) is 16.6. The van der Waals surface area contributed by atoms with E-state index in [2.05, 4.69) is 4.98 Å². The lowest BCUT2D eigenvalue weighted by molar-refractivity contribution is 0.104. The number of pyridine rings is 1. The van der Waals surface area contributed by atoms with Crippen molar-refractivity contribution >= 4 is 11.9 Å². The van der Waals surface area contributed by atoms with E-state index in [-0.39, 0.29) is 5.78 Å². The standard InChI is InChI=1S/C21H17NO2/c23-21(14-11-19-8-4-5-15-22-19)18-9-12-20(13-10-18)24-16-17-6-2-1-3-7-17/h1-15H,16H2. The van der Waals surface area contributed by atoms with Gasteiger partial charge < -0.3 is 4.74 Å². The van der Waals surface area contributed by atoms with Gasteiger partial charge in [-0.3, -0.25) is 9.78 Å². The zero-order valence-corrected chi connectivity index (χ0v) is 13.1. The molecule has 0 spiro atoms. The summed E-state index contributed by atoms with van der Waals surface area (Å²) < 4.78 is 5.72. The number of ketones is 1. The van der Waals surface area contributed by atoms with Crippen molar-refractivity contribution in [2.24, 2.45) is 0 Å². The summed E-state index contributed by atoms with van der Waals surface area (Å²) in [5, 5.41) is 0. The molecule has 0 saturated heterocycles. The maximum atomic E-state index is 12.2. The number of rotatable bonds is 6. The lowest BCUT2D eigenvalue weighted by Crippen LogP contribution is -1.97. The molecule has 3 heteroatoms. The van der Waals surface area contributed by atoms with Crippen molar-refractivity contribution in [2.75, 3.05) is 0 Å². The minimum atomic E-state index is -0.0599. The molecule has 0 fully saturated rings. The smallest absolute Gasteiger partial charge is 0.185 e. The highest BCUT2D eigenvalue weighted by Crippen LogP contribution is 2.15. The Kier molecular flexibility index (Phi) is 5.15. The average Bonchev–Trinajstić information content (AvgIpc) is 2.66. The van der Waals surface area contributed by atoms with Gasteiger partial charge in [-0.05, 0) is 54.1 Å². The van der Waals surface area contributed by atoms with Gasteiger partial charge in [-0.25, -0.2) is 0 Å². The monoisotopic (exact) mass is 315 g/mol. The number of aromatic nitrogens is 1. The van der Waals surface area contributed by atoms with Crippen molar-refractivity contribution in [3.05, 3.63) is 102 Å². The highest BCUT2D eigenvalue weighted by Gasteiger charge is 2.03. The van der Waals surface area contributed by atoms with E-state index < -0.39 is 0 Å². The molecule has 118 valence electrons. The minimum Gasteiger partial charge on any atom is -0.489 e. The molecule has 0 N–H and O–H groups in total. The van der Waals surface area contributed by atoms with E-state index in [1.807, 2.05) is 60.7 Å². The maximum absolute atomic E-state index is 12.2. The Balaban J connectivity index is 1.59. The second-order valence-electron chi connectivity index (χ2n) is 5.25. The van der Waals surface area contributed by atoms with Crippen molar-refractivity contribution in [3.63, 3.8) is 0 Å². The number of hydrogen-bond acceptors (Lipinski definition) is 3. The third-order valence-electron chi connectivity index (χ3n) is 3.48. The summed E-state index contributed by atoms with van der Waals surface area (Å²) in [5.41, 5.74) is 2.49. The van der Waals surface area contributed by atoms with Gasteiger partial charge in [-0.1, -0.05) is 36.4 Å². The molecular weight excluding hydrogens is 298 g/mol. The van der Waals surface area contributed by atoms with Crippen LogP contribution in [-0.2, 0) is 6.61 Å². The van der Waals surface area contributed by atoms with Crippen molar-refractivity contribution in [3.8, 4) is 5.75 Å². The Morgan fingerprint density at radius 1 is 0.917 bits per heavy atom. The fraction of sp³-hybridized carbons (Fsp3) is 0.0476. The number of carbonyl (C=O) groups is 1. The van der Waals surface area contributed by atoms with Crippen LogP contribution in [-0.4, -0.2) is 10.8 Å². The Bertz CT molecular complexity index is 809. The Labute approximate surface area is 141 Å². The summed E-state index contributed by atoms with van der Waals surface area (Å²) in [4.78, 5) is 16.3. The first-order valence-electron chi connectivity index (χ1n) is 7.71. The predicted octanol–water partition coefficient (Wildman–Crippen LogP) is 4.56. The van der Waals surface area contributed by atoms with E-state index in [0.29, 0.717) is 12.2 Å². The van der Waals surface area contributed by atoms with Gasteiger partial charge in [0.1, 0.15) is 12.4 Å². The van der Waals surface area contributed by atoms with Gasteiger partial charge in [0.15, 0.2) is 5.78 Å². The first-order valence-corrected chi connectivity index (χ1v) is 7.71. The molecule has 0 radical (unpaired) electrons. The number of ether oxygens (including phenoxy) is 1. The summed E-state index contributed by atoms with van der Waals surface area (Å²) in [7, 11) is 0. The average molecular weight is 315 g/mol. The quantitative estimate of drug-likeness (QED) is 0.494. The van der Waals surface area contributed by atoms with Crippen LogP contribution in [0.4, 0.5) is 0 Å². The van der Waals surface area contributed by atoms with E-state index in [0.717, 1.165) is 17.0 Å². The second-order valence-corrected chi connectivity index (χ2v) is 5.25. The molecule has 0 unspecified atom stereocenters. The third kappa shape index (κ3) is 4.40. The Morgan fingerprint density at radius 2 is 1.67 bits per heavy atom. The topological polar surface area (TPSA) is 39.2 Å². The fourth-order valence-electron chi connectivity index (χ4n) is 2.19. The van der Waals surface area contributed by atoms with E-state index in [4.69, 9.17) is 4.74 Å². The molecule has 24 heavy (non-hydrogen) atoms. The van der Waals surface area contributed by atoms with Gasteiger partial charge in [0.25, 0.3) is 0 Å². The van der Waals surface area contributed by atoms with E-state index >= 15 is 0 Å². The largest absolute Gasteiger partial charge is 0.489 e. The Hall–Kier alpha value is -3.20. The first kappa shape index (κ1) is 15.7. The maximum Gasteiger partial charge on any atom is 0.185 e. The predicted molar refractivity (Wildman–Crippen MR) is 94.8 cm³/mol. The molecule has 0 bridgehead atoms. The molecule has 0 aliphatic rings. The number of nitrogens with zero attached hydrogens (tertiary/aromatic N) is 1. The van der Waals surface area contributed by atoms with Gasteiger partial charge in [-0.15, -0.1) is 0 Å². The number of hydrogen-bond donors (Lipinski definition) is 0. The van der Waals surface area contributed by atoms with Crippen molar-refractivity contribution in [2.45, 2.75) is 6.61 Å². The van der Waals surface area contributed by atoms with Crippen LogP contribution < -0.4 is 4.74 Å². The van der Waals surface area contributed by atoms with E-state index in [1.54, 1.807) is 24.4 Å². The van der Waals surface area contributed by atoms with Crippen molar-refractivity contribution < 1.29 is 9.53 Å².